The van der Waals surface area contributed by atoms with Crippen molar-refractivity contribution in [1.29, 1.82) is 0 Å². The predicted molar refractivity (Wildman–Crippen MR) is 45.5 cm³/mol. The Morgan fingerprint density at radius 3 is 2.38 bits per heavy atom. The first kappa shape index (κ1) is 8.18. The zero-order chi connectivity index (χ0) is 6.57. The van der Waals surface area contributed by atoms with Gasteiger partial charge in [-0.1, -0.05) is 24.4 Å². The van der Waals surface area contributed by atoms with Crippen LogP contribution in [0.3, 0.4) is 0 Å². The van der Waals surface area contributed by atoms with E-state index in [1.165, 1.54) is 0 Å². The number of hydrogen-bond acceptors (Lipinski definition) is 2. The topological polar surface area (TPSA) is 0 Å². The van der Waals surface area contributed by atoms with Crippen molar-refractivity contribution in [2.45, 2.75) is 13.3 Å². The summed E-state index contributed by atoms with van der Waals surface area (Å²) in [5, 5.41) is 0. The van der Waals surface area contributed by atoms with Crippen LogP contribution in [0.15, 0.2) is 12.2 Å². The molecule has 0 aromatic carbocycles. The highest BCUT2D eigenvalue weighted by atomic mass is 32.2. The summed E-state index contributed by atoms with van der Waals surface area (Å²) in [7, 11) is 0. The molecule has 0 nitrogen and oxygen atoms in total. The van der Waals surface area contributed by atoms with Crippen molar-refractivity contribution in [2.24, 2.45) is 0 Å². The molecule has 0 N–H and O–H groups in total. The smallest absolute Gasteiger partial charge is 0.0516 e. The second-order valence-electron chi connectivity index (χ2n) is 1.71. The van der Waals surface area contributed by atoms with Crippen molar-refractivity contribution < 1.29 is 0 Å². The van der Waals surface area contributed by atoms with Gasteiger partial charge in [0, 0.05) is 6.42 Å². The lowest BCUT2D eigenvalue weighted by atomic mass is 10.3. The summed E-state index contributed by atoms with van der Waals surface area (Å²) in [5.74, 6) is 0. The summed E-state index contributed by atoms with van der Waals surface area (Å²) < 4.78 is 1.03. The minimum Gasteiger partial charge on any atom is -0.122 e. The fourth-order valence-electron chi connectivity index (χ4n) is 0.319. The summed E-state index contributed by atoms with van der Waals surface area (Å²) in [5.41, 5.74) is 1.14. The summed E-state index contributed by atoms with van der Waals surface area (Å²) >= 11 is 6.56. The van der Waals surface area contributed by atoms with E-state index in [-0.39, 0.29) is 0 Å². The van der Waals surface area contributed by atoms with E-state index < -0.39 is 0 Å². The molecule has 0 aliphatic carbocycles. The van der Waals surface area contributed by atoms with Gasteiger partial charge in [0.05, 0.1) is 4.20 Å². The maximum absolute atomic E-state index is 4.93. The van der Waals surface area contributed by atoms with Gasteiger partial charge < -0.3 is 0 Å². The number of thioether (sulfide) groups is 1. The molecule has 46 valence electrons. The Morgan fingerprint density at radius 2 is 2.25 bits per heavy atom. The van der Waals surface area contributed by atoms with E-state index in [2.05, 4.69) is 6.58 Å². The highest BCUT2D eigenvalue weighted by molar-refractivity contribution is 8.22. The Morgan fingerprint density at radius 1 is 1.75 bits per heavy atom. The lowest BCUT2D eigenvalue weighted by Gasteiger charge is -1.95. The maximum Gasteiger partial charge on any atom is 0.0516 e. The van der Waals surface area contributed by atoms with Crippen molar-refractivity contribution in [1.82, 2.24) is 0 Å². The first-order valence-electron chi connectivity index (χ1n) is 2.38. The molecule has 8 heavy (non-hydrogen) atoms. The zero-order valence-electron chi connectivity index (χ0n) is 5.23. The van der Waals surface area contributed by atoms with Crippen LogP contribution in [0.2, 0.25) is 0 Å². The van der Waals surface area contributed by atoms with Crippen molar-refractivity contribution in [3.05, 3.63) is 12.2 Å². The van der Waals surface area contributed by atoms with Gasteiger partial charge in [0.2, 0.25) is 0 Å². The lowest BCUT2D eigenvalue weighted by molar-refractivity contribution is 1.32. The summed E-state index contributed by atoms with van der Waals surface area (Å²) in [4.78, 5) is 0. The third-order valence-corrected chi connectivity index (χ3v) is 1.92. The van der Waals surface area contributed by atoms with Crippen LogP contribution in [0.25, 0.3) is 0 Å². The highest BCUT2D eigenvalue weighted by Gasteiger charge is 1.91. The Bertz CT molecular complexity index is 105. The molecule has 0 saturated heterocycles. The largest absolute Gasteiger partial charge is 0.122 e. The predicted octanol–water partition coefficient (Wildman–Crippen LogP) is 2.64. The summed E-state index contributed by atoms with van der Waals surface area (Å²) in [6.45, 7) is 5.73. The minimum atomic E-state index is 0.885. The van der Waals surface area contributed by atoms with Crippen LogP contribution in [-0.2, 0) is 0 Å². The van der Waals surface area contributed by atoms with Crippen molar-refractivity contribution in [2.75, 3.05) is 6.26 Å². The molecule has 0 radical (unpaired) electrons. The van der Waals surface area contributed by atoms with Gasteiger partial charge in [0.1, 0.15) is 0 Å². The molecule has 0 heterocycles. The molecule has 0 unspecified atom stereocenters. The third-order valence-electron chi connectivity index (χ3n) is 0.674. The fourth-order valence-corrected chi connectivity index (χ4v) is 0.956. The quantitative estimate of drug-likeness (QED) is 0.434. The third kappa shape index (κ3) is 4.34. The van der Waals surface area contributed by atoms with E-state index in [4.69, 9.17) is 12.2 Å². The average Bonchev–Trinajstić information content (AvgIpc) is 1.65. The fraction of sp³-hybridized carbons (Fsp3) is 0.500. The van der Waals surface area contributed by atoms with E-state index in [0.717, 1.165) is 16.2 Å². The van der Waals surface area contributed by atoms with Crippen molar-refractivity contribution in [3.8, 4) is 0 Å². The van der Waals surface area contributed by atoms with E-state index >= 15 is 0 Å². The van der Waals surface area contributed by atoms with E-state index in [9.17, 15) is 0 Å². The van der Waals surface area contributed by atoms with Gasteiger partial charge in [-0.2, -0.15) is 0 Å². The average molecular weight is 146 g/mol. The zero-order valence-corrected chi connectivity index (χ0v) is 6.86. The first-order valence-corrected chi connectivity index (χ1v) is 4.01. The molecule has 0 aliphatic heterocycles. The molecule has 0 fully saturated rings. The normalized spacial score (nSPS) is 8.75. The molecular formula is C6H10S2. The van der Waals surface area contributed by atoms with Gasteiger partial charge >= 0.3 is 0 Å². The Hall–Kier alpha value is 0.180. The minimum absolute atomic E-state index is 0.885. The highest BCUT2D eigenvalue weighted by Crippen LogP contribution is 2.07. The molecule has 0 aromatic rings. The first-order chi connectivity index (χ1) is 3.66. The van der Waals surface area contributed by atoms with Crippen LogP contribution in [0.1, 0.15) is 13.3 Å². The standard InChI is InChI=1S/C6H10S2/c1-5(2)4-6(7)8-3/h1,4H2,2-3H3. The van der Waals surface area contributed by atoms with Crippen LogP contribution < -0.4 is 0 Å². The van der Waals surface area contributed by atoms with Gasteiger partial charge in [0.15, 0.2) is 0 Å². The van der Waals surface area contributed by atoms with Gasteiger partial charge in [-0.3, -0.25) is 0 Å². The number of hydrogen-bond donors (Lipinski definition) is 0. The van der Waals surface area contributed by atoms with E-state index in [1.54, 1.807) is 11.8 Å². The molecule has 0 aliphatic rings. The molecule has 0 aromatic heterocycles. The molecule has 2 heteroatoms. The molecular weight excluding hydrogens is 136 g/mol. The van der Waals surface area contributed by atoms with Crippen LogP contribution in [0, 0.1) is 0 Å². The van der Waals surface area contributed by atoms with Gasteiger partial charge in [0.25, 0.3) is 0 Å². The molecule has 0 atom stereocenters. The lowest BCUT2D eigenvalue weighted by Crippen LogP contribution is -1.85. The monoisotopic (exact) mass is 146 g/mol. The second kappa shape index (κ2) is 4.10. The molecule has 0 spiro atoms. The van der Waals surface area contributed by atoms with Crippen LogP contribution in [0.5, 0.6) is 0 Å². The molecule has 0 rings (SSSR count). The van der Waals surface area contributed by atoms with E-state index in [1.807, 2.05) is 13.2 Å². The maximum atomic E-state index is 4.93. The van der Waals surface area contributed by atoms with Crippen LogP contribution in [-0.4, -0.2) is 10.5 Å². The van der Waals surface area contributed by atoms with Gasteiger partial charge in [-0.05, 0) is 13.2 Å². The van der Waals surface area contributed by atoms with Gasteiger partial charge in [-0.15, -0.1) is 11.8 Å². The number of allylic oxidation sites excluding steroid dienone is 1. The van der Waals surface area contributed by atoms with Crippen LogP contribution >= 0.6 is 24.0 Å². The van der Waals surface area contributed by atoms with Crippen LogP contribution in [0.4, 0.5) is 0 Å². The number of thiocarbonyl (C=S) groups is 1. The number of rotatable bonds is 2. The Kier molecular flexibility index (Phi) is 4.19. The SMILES string of the molecule is C=C(C)CC(=S)SC. The van der Waals surface area contributed by atoms with Crippen molar-refractivity contribution >= 4 is 28.2 Å². The van der Waals surface area contributed by atoms with E-state index in [0.29, 0.717) is 0 Å². The summed E-state index contributed by atoms with van der Waals surface area (Å²) in [6, 6.07) is 0. The molecule has 0 bridgehead atoms. The Labute approximate surface area is 60.4 Å². The molecule has 0 amide bonds. The Balaban J connectivity index is 3.40. The summed E-state index contributed by atoms with van der Waals surface area (Å²) in [6.07, 6.45) is 2.88. The van der Waals surface area contributed by atoms with Crippen molar-refractivity contribution in [3.63, 3.8) is 0 Å². The molecule has 0 saturated carbocycles. The second-order valence-corrected chi connectivity index (χ2v) is 3.36. The van der Waals surface area contributed by atoms with Gasteiger partial charge in [-0.25, -0.2) is 0 Å².